The van der Waals surface area contributed by atoms with E-state index in [2.05, 4.69) is 14.7 Å². The predicted molar refractivity (Wildman–Crippen MR) is 84.0 cm³/mol. The largest absolute Gasteiger partial charge is 0.433 e. The highest BCUT2D eigenvalue weighted by atomic mass is 32.2. The van der Waals surface area contributed by atoms with Crippen LogP contribution in [0.1, 0.15) is 17.7 Å². The Balaban J connectivity index is 1.83. The maximum Gasteiger partial charge on any atom is 0.392 e. The first kappa shape index (κ1) is 20.3. The van der Waals surface area contributed by atoms with E-state index in [0.29, 0.717) is 12.3 Å². The fourth-order valence-corrected chi connectivity index (χ4v) is 4.24. The molecule has 0 aliphatic heterocycles. The summed E-state index contributed by atoms with van der Waals surface area (Å²) < 4.78 is 108. The van der Waals surface area contributed by atoms with Crippen molar-refractivity contribution in [3.05, 3.63) is 35.5 Å². The molecule has 0 saturated heterocycles. The van der Waals surface area contributed by atoms with Gasteiger partial charge in [0.25, 0.3) is 10.0 Å². The number of ether oxygens (including phenoxy) is 1. The van der Waals surface area contributed by atoms with Crippen LogP contribution in [0.3, 0.4) is 0 Å². The molecule has 1 atom stereocenters. The first-order valence-corrected chi connectivity index (χ1v) is 9.34. The molecule has 0 bridgehead atoms. The van der Waals surface area contributed by atoms with Gasteiger partial charge in [0.15, 0.2) is 11.6 Å². The second-order valence-electron chi connectivity index (χ2n) is 6.08. The number of alkyl halides is 5. The van der Waals surface area contributed by atoms with E-state index in [-0.39, 0.29) is 35.4 Å². The Morgan fingerprint density at radius 2 is 2.04 bits per heavy atom. The quantitative estimate of drug-likeness (QED) is 0.712. The summed E-state index contributed by atoms with van der Waals surface area (Å²) in [6, 6.07) is 0.525. The van der Waals surface area contributed by atoms with Crippen LogP contribution < -0.4 is 9.46 Å². The van der Waals surface area contributed by atoms with Crippen molar-refractivity contribution in [2.24, 2.45) is 5.92 Å². The van der Waals surface area contributed by atoms with Crippen molar-refractivity contribution in [2.45, 2.75) is 36.9 Å². The summed E-state index contributed by atoms with van der Waals surface area (Å²) in [4.78, 5) is 5.61. The number of nitrogens with one attached hydrogen (secondary N) is 2. The van der Waals surface area contributed by atoms with Gasteiger partial charge in [-0.25, -0.2) is 17.8 Å². The third-order valence-corrected chi connectivity index (χ3v) is 5.66. The van der Waals surface area contributed by atoms with E-state index in [4.69, 9.17) is 0 Å². The summed E-state index contributed by atoms with van der Waals surface area (Å²) in [5.41, 5.74) is 0.328. The van der Waals surface area contributed by atoms with Crippen molar-refractivity contribution in [2.75, 3.05) is 4.72 Å². The molecule has 2 aromatic rings. The van der Waals surface area contributed by atoms with E-state index in [1.807, 2.05) is 4.72 Å². The summed E-state index contributed by atoms with van der Waals surface area (Å²) in [5.74, 6) is -4.21. The molecule has 0 spiro atoms. The van der Waals surface area contributed by atoms with Crippen LogP contribution in [0.2, 0.25) is 0 Å². The molecule has 3 rings (SSSR count). The van der Waals surface area contributed by atoms with Gasteiger partial charge >= 0.3 is 12.8 Å². The van der Waals surface area contributed by atoms with Gasteiger partial charge in [-0.15, -0.1) is 0 Å². The van der Waals surface area contributed by atoms with Crippen molar-refractivity contribution in [1.82, 2.24) is 9.97 Å². The highest BCUT2D eigenvalue weighted by molar-refractivity contribution is 7.92. The standard InChI is InChI=1S/C15H13F6N3O3S/c16-10-4-8(27-14(17)18)5-23-13(10)24-28(25,26)12-6-22-11-3-7(15(19,20)21)1-2-9(11)12/h4-7,14,22H,1-3H2,(H,23,24). The Morgan fingerprint density at radius 1 is 1.32 bits per heavy atom. The van der Waals surface area contributed by atoms with Gasteiger partial charge < -0.3 is 9.72 Å². The molecule has 0 fully saturated rings. The van der Waals surface area contributed by atoms with E-state index in [9.17, 15) is 34.8 Å². The molecular formula is C15H13F6N3O3S. The second-order valence-corrected chi connectivity index (χ2v) is 7.73. The molecule has 1 aliphatic rings. The molecule has 0 radical (unpaired) electrons. The summed E-state index contributed by atoms with van der Waals surface area (Å²) in [5, 5.41) is 0. The predicted octanol–water partition coefficient (Wildman–Crippen LogP) is 3.62. The van der Waals surface area contributed by atoms with E-state index >= 15 is 0 Å². The van der Waals surface area contributed by atoms with Gasteiger partial charge in [0.2, 0.25) is 0 Å². The number of fused-ring (bicyclic) bond motifs is 1. The number of hydrogen-bond acceptors (Lipinski definition) is 4. The average Bonchev–Trinajstić information content (AvgIpc) is 3.00. The van der Waals surface area contributed by atoms with Crippen LogP contribution in [-0.4, -0.2) is 31.2 Å². The molecule has 28 heavy (non-hydrogen) atoms. The van der Waals surface area contributed by atoms with Gasteiger partial charge in [-0.3, -0.25) is 4.72 Å². The first-order chi connectivity index (χ1) is 13.0. The Hall–Kier alpha value is -2.44. The Bertz CT molecular complexity index is 974. The molecular weight excluding hydrogens is 416 g/mol. The van der Waals surface area contributed by atoms with Crippen molar-refractivity contribution >= 4 is 15.8 Å². The van der Waals surface area contributed by atoms with E-state index in [1.165, 1.54) is 0 Å². The highest BCUT2D eigenvalue weighted by Gasteiger charge is 2.42. The molecule has 2 heterocycles. The van der Waals surface area contributed by atoms with Crippen molar-refractivity contribution in [3.63, 3.8) is 0 Å². The maximum absolute atomic E-state index is 13.9. The van der Waals surface area contributed by atoms with E-state index in [1.54, 1.807) is 0 Å². The molecule has 2 N–H and O–H groups in total. The number of rotatable bonds is 5. The minimum atomic E-state index is -4.39. The number of pyridine rings is 1. The molecule has 0 aromatic carbocycles. The van der Waals surface area contributed by atoms with Crippen molar-refractivity contribution < 1.29 is 39.5 Å². The summed E-state index contributed by atoms with van der Waals surface area (Å²) in [7, 11) is -4.38. The number of sulfonamides is 1. The summed E-state index contributed by atoms with van der Waals surface area (Å²) in [6.45, 7) is -3.21. The molecule has 0 amide bonds. The number of H-pyrrole nitrogens is 1. The number of anilines is 1. The topological polar surface area (TPSA) is 84.1 Å². The normalized spacial score (nSPS) is 17.5. The number of aromatic nitrogens is 2. The van der Waals surface area contributed by atoms with Crippen LogP contribution >= 0.6 is 0 Å². The van der Waals surface area contributed by atoms with Crippen LogP contribution in [0, 0.1) is 11.7 Å². The molecule has 6 nitrogen and oxygen atoms in total. The third kappa shape index (κ3) is 4.18. The van der Waals surface area contributed by atoms with Gasteiger partial charge in [0.05, 0.1) is 12.1 Å². The number of nitrogens with zero attached hydrogens (tertiary/aromatic N) is 1. The maximum atomic E-state index is 13.9. The Labute approximate surface area is 155 Å². The second kappa shape index (κ2) is 7.18. The van der Waals surface area contributed by atoms with Crippen LogP contribution in [0.5, 0.6) is 5.75 Å². The SMILES string of the molecule is O=S(=O)(Nc1ncc(OC(F)F)cc1F)c1c[nH]c2c1CCC(C(F)(F)F)C2. The molecule has 13 heteroatoms. The molecule has 0 saturated carbocycles. The molecule has 1 aliphatic carbocycles. The lowest BCUT2D eigenvalue weighted by atomic mass is 9.87. The highest BCUT2D eigenvalue weighted by Crippen LogP contribution is 2.38. The van der Waals surface area contributed by atoms with Gasteiger partial charge in [0.1, 0.15) is 10.6 Å². The van der Waals surface area contributed by atoms with Crippen LogP contribution in [0.15, 0.2) is 23.4 Å². The van der Waals surface area contributed by atoms with Gasteiger partial charge in [-0.2, -0.15) is 22.0 Å². The fraction of sp³-hybridized carbons (Fsp3) is 0.400. The number of hydrogen-bond donors (Lipinski definition) is 2. The number of halogens is 6. The Morgan fingerprint density at radius 3 is 2.64 bits per heavy atom. The summed E-state index contributed by atoms with van der Waals surface area (Å²) >= 11 is 0. The average molecular weight is 429 g/mol. The van der Waals surface area contributed by atoms with Crippen molar-refractivity contribution in [1.29, 1.82) is 0 Å². The zero-order valence-corrected chi connectivity index (χ0v) is 14.7. The van der Waals surface area contributed by atoms with Crippen LogP contribution in [-0.2, 0) is 22.9 Å². The lowest BCUT2D eigenvalue weighted by molar-refractivity contribution is -0.177. The minimum absolute atomic E-state index is 0.129. The number of aromatic amines is 1. The minimum Gasteiger partial charge on any atom is -0.433 e. The lowest BCUT2D eigenvalue weighted by Crippen LogP contribution is -2.29. The summed E-state index contributed by atoms with van der Waals surface area (Å²) in [6.07, 6.45) is -3.46. The zero-order valence-electron chi connectivity index (χ0n) is 13.9. The zero-order chi connectivity index (χ0) is 20.7. The molecule has 2 aromatic heterocycles. The van der Waals surface area contributed by atoms with E-state index in [0.717, 1.165) is 6.20 Å². The van der Waals surface area contributed by atoms with E-state index < -0.39 is 46.1 Å². The monoisotopic (exact) mass is 429 g/mol. The first-order valence-electron chi connectivity index (χ1n) is 7.86. The van der Waals surface area contributed by atoms with Gasteiger partial charge in [0, 0.05) is 18.0 Å². The Kier molecular flexibility index (Phi) is 5.21. The van der Waals surface area contributed by atoms with Crippen LogP contribution in [0.4, 0.5) is 32.2 Å². The van der Waals surface area contributed by atoms with Crippen LogP contribution in [0.25, 0.3) is 0 Å². The third-order valence-electron chi connectivity index (χ3n) is 4.26. The van der Waals surface area contributed by atoms with Gasteiger partial charge in [-0.05, 0) is 24.8 Å². The van der Waals surface area contributed by atoms with Crippen molar-refractivity contribution in [3.8, 4) is 5.75 Å². The fourth-order valence-electron chi connectivity index (χ4n) is 2.96. The smallest absolute Gasteiger partial charge is 0.392 e. The lowest BCUT2D eigenvalue weighted by Gasteiger charge is -2.25. The molecule has 154 valence electrons. The molecule has 1 unspecified atom stereocenters. The van der Waals surface area contributed by atoms with Gasteiger partial charge in [-0.1, -0.05) is 0 Å².